The van der Waals surface area contributed by atoms with Crippen LogP contribution in [-0.4, -0.2) is 40.7 Å². The van der Waals surface area contributed by atoms with Crippen molar-refractivity contribution in [1.82, 2.24) is 19.5 Å². The minimum Gasteiger partial charge on any atom is -0.329 e. The number of fused-ring (bicyclic) bond motifs is 1. The zero-order valence-electron chi connectivity index (χ0n) is 21.3. The highest BCUT2D eigenvalue weighted by Crippen LogP contribution is 2.36. The van der Waals surface area contributed by atoms with Crippen LogP contribution in [0.2, 0.25) is 0 Å². The fraction of sp³-hybridized carbons (Fsp3) is 0.148. The average Bonchev–Trinajstić information content (AvgIpc) is 3.32. The molecule has 3 heterocycles. The van der Waals surface area contributed by atoms with Crippen molar-refractivity contribution in [2.45, 2.75) is 18.2 Å². The van der Waals surface area contributed by atoms with E-state index in [4.69, 9.17) is 4.98 Å². The van der Waals surface area contributed by atoms with E-state index in [0.717, 1.165) is 18.2 Å². The quantitative estimate of drug-likeness (QED) is 0.117. The van der Waals surface area contributed by atoms with Crippen LogP contribution in [0.15, 0.2) is 78.3 Å². The number of nitrogens with one attached hydrogen (secondary N) is 1. The third kappa shape index (κ3) is 5.34. The van der Waals surface area contributed by atoms with Gasteiger partial charge in [-0.25, -0.2) is 23.7 Å². The molecule has 0 amide bonds. The summed E-state index contributed by atoms with van der Waals surface area (Å²) in [4.78, 5) is 14.0. The Morgan fingerprint density at radius 1 is 1.07 bits per heavy atom. The van der Waals surface area contributed by atoms with Crippen LogP contribution >= 0.6 is 11.9 Å². The van der Waals surface area contributed by atoms with Crippen LogP contribution in [0.25, 0.3) is 27.8 Å². The molecule has 1 N–H and O–H groups in total. The van der Waals surface area contributed by atoms with Gasteiger partial charge in [0.25, 0.3) is 0 Å². The molecule has 3 aromatic heterocycles. The number of halogens is 3. The van der Waals surface area contributed by atoms with Gasteiger partial charge in [-0.15, -0.1) is 3.89 Å². The number of hydrogen-bond donors (Lipinski definition) is 1. The first-order valence-corrected chi connectivity index (χ1v) is 14.5. The third-order valence-electron chi connectivity index (χ3n) is 6.13. The molecule has 0 saturated carbocycles. The molecule has 0 unspecified atom stereocenters. The Bertz CT molecular complexity index is 1800. The maximum atomic E-state index is 15.7. The van der Waals surface area contributed by atoms with E-state index in [1.165, 1.54) is 47.1 Å². The molecule has 0 spiro atoms. The summed E-state index contributed by atoms with van der Waals surface area (Å²) in [6.07, 6.45) is 6.94. The standard InChI is InChI=1S/C27H23F3N6O2S2/c1-3-11-39-34-22-8-7-21(28)27(25(22)29)36-15-20(17-13-31-16-32-14-17)26-23(36)9-10-24(33-26)35(2)18-5-4-6-19(12-18)40(30,37)38/h4-10,12-16,34H,3,11H2,1-2H3. The molecule has 0 aliphatic rings. The van der Waals surface area contributed by atoms with Crippen molar-refractivity contribution in [2.75, 3.05) is 22.4 Å². The van der Waals surface area contributed by atoms with Gasteiger partial charge in [0.05, 0.1) is 16.7 Å². The van der Waals surface area contributed by atoms with Gasteiger partial charge in [-0.1, -0.05) is 24.9 Å². The molecule has 8 nitrogen and oxygen atoms in total. The van der Waals surface area contributed by atoms with E-state index in [0.29, 0.717) is 33.7 Å². The molecule has 0 fully saturated rings. The lowest BCUT2D eigenvalue weighted by Gasteiger charge is -2.19. The lowest BCUT2D eigenvalue weighted by molar-refractivity contribution is 0.552. The van der Waals surface area contributed by atoms with Gasteiger partial charge >= 0.3 is 10.2 Å². The molecule has 13 heteroatoms. The molecule has 5 rings (SSSR count). The number of aromatic nitrogens is 4. The van der Waals surface area contributed by atoms with Gasteiger partial charge in [-0.3, -0.25) is 0 Å². The Morgan fingerprint density at radius 3 is 2.58 bits per heavy atom. The van der Waals surface area contributed by atoms with Crippen molar-refractivity contribution < 1.29 is 21.1 Å². The highest BCUT2D eigenvalue weighted by molar-refractivity contribution is 8.00. The predicted molar refractivity (Wildman–Crippen MR) is 151 cm³/mol. The number of hydrogen-bond acceptors (Lipinski definition) is 8. The van der Waals surface area contributed by atoms with E-state index >= 15 is 8.78 Å². The molecular formula is C27H23F3N6O2S2. The molecule has 0 aliphatic heterocycles. The van der Waals surface area contributed by atoms with Crippen LogP contribution in [-0.2, 0) is 10.2 Å². The first-order valence-electron chi connectivity index (χ1n) is 12.1. The number of pyridine rings is 1. The minimum atomic E-state index is -4.91. The van der Waals surface area contributed by atoms with E-state index in [1.807, 2.05) is 6.92 Å². The molecule has 2 aromatic carbocycles. The number of benzene rings is 2. The largest absolute Gasteiger partial charge is 0.332 e. The van der Waals surface area contributed by atoms with Crippen LogP contribution in [0, 0.1) is 11.6 Å². The van der Waals surface area contributed by atoms with E-state index < -0.39 is 26.8 Å². The maximum absolute atomic E-state index is 15.7. The summed E-state index contributed by atoms with van der Waals surface area (Å²) < 4.78 is 71.7. The van der Waals surface area contributed by atoms with E-state index in [9.17, 15) is 12.3 Å². The highest BCUT2D eigenvalue weighted by Gasteiger charge is 2.22. The van der Waals surface area contributed by atoms with E-state index in [2.05, 4.69) is 14.7 Å². The summed E-state index contributed by atoms with van der Waals surface area (Å²) in [6, 6.07) is 11.2. The zero-order valence-corrected chi connectivity index (χ0v) is 23.0. The zero-order chi connectivity index (χ0) is 28.4. The molecular weight excluding hydrogens is 561 g/mol. The second kappa shape index (κ2) is 11.2. The summed E-state index contributed by atoms with van der Waals surface area (Å²) in [6.45, 7) is 2.00. The number of anilines is 3. The van der Waals surface area contributed by atoms with E-state index in [-0.39, 0.29) is 11.4 Å². The maximum Gasteiger partial charge on any atom is 0.332 e. The van der Waals surface area contributed by atoms with Crippen molar-refractivity contribution >= 4 is 50.4 Å². The van der Waals surface area contributed by atoms with Gasteiger partial charge in [0.15, 0.2) is 5.82 Å². The van der Waals surface area contributed by atoms with Gasteiger partial charge in [0.2, 0.25) is 0 Å². The average molecular weight is 585 g/mol. The first-order chi connectivity index (χ1) is 19.2. The molecule has 0 aliphatic carbocycles. The molecule has 40 heavy (non-hydrogen) atoms. The van der Waals surface area contributed by atoms with E-state index in [1.54, 1.807) is 48.7 Å². The lowest BCUT2D eigenvalue weighted by atomic mass is 10.1. The molecule has 0 radical (unpaired) electrons. The van der Waals surface area contributed by atoms with Crippen molar-refractivity contribution in [3.8, 4) is 16.8 Å². The molecule has 5 aromatic rings. The smallest absolute Gasteiger partial charge is 0.329 e. The van der Waals surface area contributed by atoms with Gasteiger partial charge in [0, 0.05) is 48.2 Å². The topological polar surface area (TPSA) is 93.0 Å². The van der Waals surface area contributed by atoms with Crippen molar-refractivity contribution in [3.63, 3.8) is 0 Å². The normalized spacial score (nSPS) is 11.6. The second-order valence-corrected chi connectivity index (χ2v) is 11.0. The van der Waals surface area contributed by atoms with Crippen molar-refractivity contribution in [2.24, 2.45) is 0 Å². The van der Waals surface area contributed by atoms with Crippen LogP contribution in [0.5, 0.6) is 0 Å². The summed E-state index contributed by atoms with van der Waals surface area (Å²) in [5, 5.41) is 0. The number of rotatable bonds is 9. The molecule has 0 atom stereocenters. The summed E-state index contributed by atoms with van der Waals surface area (Å²) >= 11 is 1.32. The Balaban J connectivity index is 1.67. The van der Waals surface area contributed by atoms with Crippen LogP contribution in [0.1, 0.15) is 13.3 Å². The predicted octanol–water partition coefficient (Wildman–Crippen LogP) is 6.66. The molecule has 0 saturated heterocycles. The third-order valence-corrected chi connectivity index (χ3v) is 7.92. The van der Waals surface area contributed by atoms with Gasteiger partial charge in [-0.2, -0.15) is 8.42 Å². The fourth-order valence-corrected chi connectivity index (χ4v) is 5.28. The lowest BCUT2D eigenvalue weighted by Crippen LogP contribution is -2.12. The Labute approximate surface area is 233 Å². The Morgan fingerprint density at radius 2 is 1.85 bits per heavy atom. The van der Waals surface area contributed by atoms with Crippen molar-refractivity contribution in [3.05, 3.63) is 85.1 Å². The highest BCUT2D eigenvalue weighted by atomic mass is 32.3. The monoisotopic (exact) mass is 584 g/mol. The van der Waals surface area contributed by atoms with Gasteiger partial charge < -0.3 is 14.2 Å². The molecule has 206 valence electrons. The SMILES string of the molecule is CCCSNc1ccc(F)c(-n2cc(-c3cncnc3)c3nc(N(C)c4cccc(S(=O)(=O)F)c4)ccc32)c1F. The number of nitrogens with zero attached hydrogens (tertiary/aromatic N) is 5. The second-order valence-electron chi connectivity index (χ2n) is 8.78. The Hall–Kier alpha value is -4.10. The summed E-state index contributed by atoms with van der Waals surface area (Å²) in [7, 11) is -3.27. The first kappa shape index (κ1) is 27.5. The Kier molecular flexibility index (Phi) is 7.68. The summed E-state index contributed by atoms with van der Waals surface area (Å²) in [5.41, 5.74) is 2.13. The van der Waals surface area contributed by atoms with Gasteiger partial charge in [-0.05, 0) is 48.9 Å². The van der Waals surface area contributed by atoms with Crippen LogP contribution in [0.4, 0.5) is 29.9 Å². The fourth-order valence-electron chi connectivity index (χ4n) is 4.16. The van der Waals surface area contributed by atoms with Crippen molar-refractivity contribution in [1.29, 1.82) is 0 Å². The van der Waals surface area contributed by atoms with Gasteiger partial charge in [0.1, 0.15) is 28.5 Å². The minimum absolute atomic E-state index is 0.147. The van der Waals surface area contributed by atoms with Crippen LogP contribution in [0.3, 0.4) is 0 Å². The van der Waals surface area contributed by atoms with Crippen LogP contribution < -0.4 is 9.62 Å². The molecule has 0 bridgehead atoms. The summed E-state index contributed by atoms with van der Waals surface area (Å²) in [5.74, 6) is -0.399.